The van der Waals surface area contributed by atoms with Gasteiger partial charge in [0, 0.05) is 23.1 Å². The van der Waals surface area contributed by atoms with E-state index in [2.05, 4.69) is 15.6 Å². The Hall–Kier alpha value is -3.32. The van der Waals surface area contributed by atoms with Crippen LogP contribution in [-0.2, 0) is 25.8 Å². The highest BCUT2D eigenvalue weighted by atomic mass is 32.2. The van der Waals surface area contributed by atoms with Crippen molar-refractivity contribution in [2.45, 2.75) is 44.4 Å². The van der Waals surface area contributed by atoms with Crippen LogP contribution in [0.3, 0.4) is 0 Å². The molecule has 1 atom stereocenters. The van der Waals surface area contributed by atoms with Crippen molar-refractivity contribution in [1.29, 1.82) is 0 Å². The number of aliphatic carboxylic acids is 1. The van der Waals surface area contributed by atoms with Crippen molar-refractivity contribution >= 4 is 55.7 Å². The molecule has 0 aliphatic heterocycles. The molecule has 36 heavy (non-hydrogen) atoms. The van der Waals surface area contributed by atoms with E-state index in [-0.39, 0.29) is 46.7 Å². The van der Waals surface area contributed by atoms with Crippen molar-refractivity contribution in [2.24, 2.45) is 11.7 Å². The lowest BCUT2D eigenvalue weighted by Gasteiger charge is -2.18. The number of ketones is 1. The Bertz CT molecular complexity index is 1270. The first-order chi connectivity index (χ1) is 16.9. The molecule has 5 N–H and O–H groups in total. The number of anilines is 2. The predicted molar refractivity (Wildman–Crippen MR) is 135 cm³/mol. The summed E-state index contributed by atoms with van der Waals surface area (Å²) >= 11 is 1.06. The van der Waals surface area contributed by atoms with Gasteiger partial charge in [-0.2, -0.15) is 0 Å². The van der Waals surface area contributed by atoms with Gasteiger partial charge in [-0.3, -0.25) is 19.7 Å². The number of carboxylic acid groups (broad SMARTS) is 1. The Labute approximate surface area is 212 Å². The number of aromatic nitrogens is 1. The Balaban J connectivity index is 1.86. The largest absolute Gasteiger partial charge is 0.481 e. The molecule has 1 aromatic heterocycles. The van der Waals surface area contributed by atoms with E-state index in [0.29, 0.717) is 24.1 Å². The number of urea groups is 1. The number of primary amides is 1. The number of benzene rings is 1. The van der Waals surface area contributed by atoms with E-state index in [4.69, 9.17) is 10.8 Å². The molecule has 1 aliphatic carbocycles. The summed E-state index contributed by atoms with van der Waals surface area (Å²) in [6.07, 6.45) is 4.03. The van der Waals surface area contributed by atoms with Gasteiger partial charge in [-0.25, -0.2) is 18.2 Å². The fourth-order valence-corrected chi connectivity index (χ4v) is 5.52. The first-order valence-electron chi connectivity index (χ1n) is 11.3. The van der Waals surface area contributed by atoms with Gasteiger partial charge < -0.3 is 16.2 Å². The second-order valence-electron chi connectivity index (χ2n) is 8.82. The molecule has 3 rings (SSSR count). The van der Waals surface area contributed by atoms with Crippen LogP contribution in [0.4, 0.5) is 15.6 Å². The van der Waals surface area contributed by atoms with E-state index >= 15 is 0 Å². The Morgan fingerprint density at radius 2 is 1.89 bits per heavy atom. The van der Waals surface area contributed by atoms with Gasteiger partial charge in [0.25, 0.3) is 0 Å². The summed E-state index contributed by atoms with van der Waals surface area (Å²) < 4.78 is 23.2. The molecule has 1 saturated carbocycles. The molecule has 1 fully saturated rings. The third kappa shape index (κ3) is 7.59. The first kappa shape index (κ1) is 27.3. The van der Waals surface area contributed by atoms with E-state index in [9.17, 15) is 27.6 Å². The van der Waals surface area contributed by atoms with Gasteiger partial charge in [0.2, 0.25) is 5.91 Å². The van der Waals surface area contributed by atoms with Crippen LogP contribution in [0.15, 0.2) is 23.6 Å². The maximum absolute atomic E-state index is 13.3. The fraction of sp³-hybridized carbons (Fsp3) is 0.435. The summed E-state index contributed by atoms with van der Waals surface area (Å²) in [5, 5.41) is 15.7. The summed E-state index contributed by atoms with van der Waals surface area (Å²) in [6, 6.07) is 3.85. The molecule has 13 heteroatoms. The van der Waals surface area contributed by atoms with Gasteiger partial charge in [0.15, 0.2) is 10.9 Å². The van der Waals surface area contributed by atoms with Crippen molar-refractivity contribution in [2.75, 3.05) is 22.6 Å². The minimum atomic E-state index is -3.34. The predicted octanol–water partition coefficient (Wildman–Crippen LogP) is 2.79. The van der Waals surface area contributed by atoms with Crippen LogP contribution in [-0.4, -0.2) is 54.2 Å². The molecule has 194 valence electrons. The lowest BCUT2D eigenvalue weighted by atomic mass is 9.89. The van der Waals surface area contributed by atoms with E-state index in [1.165, 1.54) is 23.6 Å². The average Bonchev–Trinajstić information content (AvgIpc) is 3.45. The number of carbonyl (C=O) groups excluding carboxylic acids is 3. The Kier molecular flexibility index (Phi) is 8.79. The number of rotatable bonds is 11. The molecule has 0 bridgehead atoms. The van der Waals surface area contributed by atoms with Crippen molar-refractivity contribution in [3.8, 4) is 0 Å². The molecular weight excluding hydrogens is 508 g/mol. The molecule has 0 spiro atoms. The number of hydrogen-bond acceptors (Lipinski definition) is 8. The van der Waals surface area contributed by atoms with Gasteiger partial charge in [-0.1, -0.05) is 18.9 Å². The van der Waals surface area contributed by atoms with Crippen LogP contribution in [0.5, 0.6) is 0 Å². The van der Waals surface area contributed by atoms with E-state index < -0.39 is 33.7 Å². The fourth-order valence-electron chi connectivity index (χ4n) is 4.16. The maximum atomic E-state index is 13.3. The van der Waals surface area contributed by atoms with Gasteiger partial charge in [-0.05, 0) is 37.0 Å². The highest BCUT2D eigenvalue weighted by Crippen LogP contribution is 2.33. The van der Waals surface area contributed by atoms with Crippen LogP contribution < -0.4 is 16.4 Å². The number of Topliss-reactive ketones (excluding diaryl/α,β-unsaturated/α-hetero) is 1. The summed E-state index contributed by atoms with van der Waals surface area (Å²) in [7, 11) is -3.34. The number of nitrogens with zero attached hydrogens (tertiary/aromatic N) is 1. The number of amides is 3. The number of nitrogens with two attached hydrogens (primary N) is 1. The molecule has 3 amide bonds. The van der Waals surface area contributed by atoms with Crippen molar-refractivity contribution in [3.63, 3.8) is 0 Å². The third-order valence-electron chi connectivity index (χ3n) is 5.91. The number of nitrogens with one attached hydrogen (secondary N) is 2. The zero-order valence-corrected chi connectivity index (χ0v) is 21.3. The number of sulfone groups is 1. The minimum absolute atomic E-state index is 0.0266. The van der Waals surface area contributed by atoms with Gasteiger partial charge in [-0.15, -0.1) is 11.3 Å². The topological polar surface area (TPSA) is 186 Å². The Morgan fingerprint density at radius 1 is 1.19 bits per heavy atom. The smallest absolute Gasteiger partial charge is 0.325 e. The van der Waals surface area contributed by atoms with Crippen LogP contribution in [0.25, 0.3) is 0 Å². The maximum Gasteiger partial charge on any atom is 0.325 e. The number of hydrogen-bond donors (Lipinski definition) is 4. The molecule has 2 aromatic rings. The average molecular weight is 537 g/mol. The second-order valence-corrected chi connectivity index (χ2v) is 11.9. The minimum Gasteiger partial charge on any atom is -0.481 e. The first-order valence-corrected chi connectivity index (χ1v) is 14.3. The summed E-state index contributed by atoms with van der Waals surface area (Å²) in [6.45, 7) is 0. The molecule has 0 saturated heterocycles. The highest BCUT2D eigenvalue weighted by molar-refractivity contribution is 7.90. The quantitative estimate of drug-likeness (QED) is 0.316. The highest BCUT2D eigenvalue weighted by Gasteiger charge is 2.28. The SMILES string of the molecule is CS(=O)(=O)CCC(C(N)=O)c1ccc(NC(=O)Nc2nc(CC(=O)O)cs2)c(C(=O)C2CCCC2)c1. The molecule has 1 heterocycles. The molecular formula is C23H28N4O7S2. The lowest BCUT2D eigenvalue weighted by molar-refractivity contribution is -0.136. The number of carboxylic acids is 1. The molecule has 0 radical (unpaired) electrons. The van der Waals surface area contributed by atoms with E-state index in [0.717, 1.165) is 30.4 Å². The van der Waals surface area contributed by atoms with E-state index in [1.54, 1.807) is 0 Å². The zero-order chi connectivity index (χ0) is 26.5. The lowest BCUT2D eigenvalue weighted by Crippen LogP contribution is -2.25. The van der Waals surface area contributed by atoms with Gasteiger partial charge in [0.1, 0.15) is 9.84 Å². The van der Waals surface area contributed by atoms with Crippen molar-refractivity contribution in [1.82, 2.24) is 4.98 Å². The zero-order valence-electron chi connectivity index (χ0n) is 19.7. The van der Waals surface area contributed by atoms with Crippen molar-refractivity contribution < 1.29 is 32.7 Å². The van der Waals surface area contributed by atoms with Gasteiger partial charge in [0.05, 0.1) is 29.5 Å². The van der Waals surface area contributed by atoms with Crippen LogP contribution in [0.2, 0.25) is 0 Å². The molecule has 1 aliphatic rings. The standard InChI is InChI=1S/C23H28N4O7S2/c1-36(33,34)9-8-16(21(24)31)14-6-7-18(17(10-14)20(30)13-4-2-3-5-13)26-22(32)27-23-25-15(12-35-23)11-19(28)29/h6-7,10,12-13,16H,2-5,8-9,11H2,1H3,(H2,24,31)(H,28,29)(H2,25,26,27,32). The molecule has 11 nitrogen and oxygen atoms in total. The van der Waals surface area contributed by atoms with Gasteiger partial charge >= 0.3 is 12.0 Å². The normalized spacial score (nSPS) is 14.8. The number of thiazole rings is 1. The van der Waals surface area contributed by atoms with Crippen LogP contribution in [0.1, 0.15) is 59.6 Å². The Morgan fingerprint density at radius 3 is 2.50 bits per heavy atom. The summed E-state index contributed by atoms with van der Waals surface area (Å²) in [5.41, 5.74) is 6.68. The number of carbonyl (C=O) groups is 4. The van der Waals surface area contributed by atoms with Crippen molar-refractivity contribution in [3.05, 3.63) is 40.4 Å². The summed E-state index contributed by atoms with van der Waals surface area (Å²) in [4.78, 5) is 52.9. The summed E-state index contributed by atoms with van der Waals surface area (Å²) in [5.74, 6) is -3.30. The van der Waals surface area contributed by atoms with E-state index in [1.807, 2.05) is 0 Å². The van der Waals surface area contributed by atoms with Crippen LogP contribution in [0, 0.1) is 5.92 Å². The monoisotopic (exact) mass is 536 g/mol. The van der Waals surface area contributed by atoms with Crippen LogP contribution >= 0.6 is 11.3 Å². The molecule has 1 aromatic carbocycles. The third-order valence-corrected chi connectivity index (χ3v) is 7.69. The molecule has 1 unspecified atom stereocenters. The second kappa shape index (κ2) is 11.6.